The number of aromatic nitrogens is 1. The van der Waals surface area contributed by atoms with Crippen LogP contribution >= 0.6 is 0 Å². The van der Waals surface area contributed by atoms with E-state index in [-0.39, 0.29) is 22.9 Å². The number of nitro groups is 1. The number of pyridine rings is 1. The average molecular weight is 446 g/mol. The first-order valence-corrected chi connectivity index (χ1v) is 11.5. The van der Waals surface area contributed by atoms with Gasteiger partial charge in [-0.1, -0.05) is 6.07 Å². The van der Waals surface area contributed by atoms with E-state index in [2.05, 4.69) is 10.3 Å². The number of benzene rings is 1. The molecule has 1 aliphatic rings. The number of anilines is 1. The zero-order chi connectivity index (χ0) is 22.8. The fourth-order valence-electron chi connectivity index (χ4n) is 3.42. The zero-order valence-electron chi connectivity index (χ0n) is 17.1. The van der Waals surface area contributed by atoms with Crippen molar-refractivity contribution in [3.8, 4) is 0 Å². The normalized spacial score (nSPS) is 16.6. The summed E-state index contributed by atoms with van der Waals surface area (Å²) in [4.78, 5) is 41.4. The van der Waals surface area contributed by atoms with E-state index in [4.69, 9.17) is 0 Å². The molecule has 2 amide bonds. The number of carbonyl (C=O) groups is 2. The van der Waals surface area contributed by atoms with Crippen molar-refractivity contribution < 1.29 is 22.9 Å². The summed E-state index contributed by atoms with van der Waals surface area (Å²) < 4.78 is 23.8. The predicted octanol–water partition coefficient (Wildman–Crippen LogP) is 2.19. The molecule has 10 nitrogen and oxygen atoms in total. The van der Waals surface area contributed by atoms with Crippen LogP contribution in [0.2, 0.25) is 0 Å². The Balaban J connectivity index is 1.81. The van der Waals surface area contributed by atoms with E-state index in [1.807, 2.05) is 13.0 Å². The second-order valence-corrected chi connectivity index (χ2v) is 9.51. The summed E-state index contributed by atoms with van der Waals surface area (Å²) in [7, 11) is -3.75. The molecule has 1 aromatic heterocycles. The fourth-order valence-corrected chi connectivity index (χ4v) is 4.10. The van der Waals surface area contributed by atoms with Crippen molar-refractivity contribution in [1.82, 2.24) is 9.88 Å². The van der Waals surface area contributed by atoms with Crippen molar-refractivity contribution in [3.05, 3.63) is 57.8 Å². The predicted molar refractivity (Wildman–Crippen MR) is 112 cm³/mol. The first kappa shape index (κ1) is 22.3. The van der Waals surface area contributed by atoms with Crippen LogP contribution in [-0.2, 0) is 14.6 Å². The highest BCUT2D eigenvalue weighted by Crippen LogP contribution is 2.25. The Kier molecular flexibility index (Phi) is 6.34. The Bertz CT molecular complexity index is 1150. The van der Waals surface area contributed by atoms with Crippen molar-refractivity contribution in [2.45, 2.75) is 24.7 Å². The minimum absolute atomic E-state index is 0.101. The highest BCUT2D eigenvalue weighted by atomic mass is 32.2. The SMILES string of the molecule is Cc1cccnc1NC(=O)C1CCCN(C(=O)c2cc([N+](=O)[O-])cc(S(C)(=O)=O)c2)C1. The molecule has 1 saturated heterocycles. The van der Waals surface area contributed by atoms with Gasteiger partial charge in [0, 0.05) is 43.2 Å². The van der Waals surface area contributed by atoms with E-state index in [0.29, 0.717) is 25.2 Å². The third-order valence-corrected chi connectivity index (χ3v) is 6.20. The molecule has 1 N–H and O–H groups in total. The molecule has 0 spiro atoms. The monoisotopic (exact) mass is 446 g/mol. The summed E-state index contributed by atoms with van der Waals surface area (Å²) in [5.41, 5.74) is 0.226. The van der Waals surface area contributed by atoms with Crippen molar-refractivity contribution in [1.29, 1.82) is 0 Å². The molecule has 1 aliphatic heterocycles. The van der Waals surface area contributed by atoms with Gasteiger partial charge in [0.2, 0.25) is 5.91 Å². The van der Waals surface area contributed by atoms with Gasteiger partial charge in [0.1, 0.15) is 5.82 Å². The van der Waals surface area contributed by atoms with E-state index >= 15 is 0 Å². The van der Waals surface area contributed by atoms with Crippen LogP contribution in [0.5, 0.6) is 0 Å². The summed E-state index contributed by atoms with van der Waals surface area (Å²) in [6.07, 6.45) is 3.63. The first-order chi connectivity index (χ1) is 14.6. The average Bonchev–Trinajstić information content (AvgIpc) is 2.74. The van der Waals surface area contributed by atoms with Crippen molar-refractivity contribution in [2.24, 2.45) is 5.92 Å². The molecule has 0 bridgehead atoms. The summed E-state index contributed by atoms with van der Waals surface area (Å²) in [5.74, 6) is -0.852. The smallest absolute Gasteiger partial charge is 0.271 e. The van der Waals surface area contributed by atoms with Crippen LogP contribution in [0.4, 0.5) is 11.5 Å². The Morgan fingerprint density at radius 1 is 1.29 bits per heavy atom. The van der Waals surface area contributed by atoms with Crippen LogP contribution in [0.1, 0.15) is 28.8 Å². The molecule has 3 rings (SSSR count). The van der Waals surface area contributed by atoms with Crippen molar-refractivity contribution in [2.75, 3.05) is 24.7 Å². The number of nitrogens with zero attached hydrogens (tertiary/aromatic N) is 3. The maximum atomic E-state index is 13.0. The molecule has 1 unspecified atom stereocenters. The number of aryl methyl sites for hydroxylation is 1. The molecule has 0 aliphatic carbocycles. The Labute approximate surface area is 179 Å². The number of hydrogen-bond acceptors (Lipinski definition) is 7. The van der Waals surface area contributed by atoms with E-state index in [9.17, 15) is 28.1 Å². The Morgan fingerprint density at radius 3 is 2.68 bits per heavy atom. The van der Waals surface area contributed by atoms with Gasteiger partial charge in [-0.2, -0.15) is 0 Å². The van der Waals surface area contributed by atoms with E-state index < -0.39 is 32.3 Å². The number of rotatable bonds is 5. The van der Waals surface area contributed by atoms with Gasteiger partial charge < -0.3 is 10.2 Å². The maximum absolute atomic E-state index is 13.0. The largest absolute Gasteiger partial charge is 0.338 e. The summed E-state index contributed by atoms with van der Waals surface area (Å²) in [5, 5.41) is 14.0. The number of hydrogen-bond donors (Lipinski definition) is 1. The van der Waals surface area contributed by atoms with Gasteiger partial charge in [0.25, 0.3) is 11.6 Å². The quantitative estimate of drug-likeness (QED) is 0.548. The molecular formula is C20H22N4O6S. The molecule has 0 saturated carbocycles. The molecule has 2 aromatic rings. The van der Waals surface area contributed by atoms with E-state index in [1.165, 1.54) is 4.90 Å². The topological polar surface area (TPSA) is 140 Å². The van der Waals surface area contributed by atoms with Gasteiger partial charge in [-0.3, -0.25) is 19.7 Å². The number of piperidine rings is 1. The molecule has 164 valence electrons. The number of nitro benzene ring substituents is 1. The molecule has 0 radical (unpaired) electrons. The molecule has 31 heavy (non-hydrogen) atoms. The lowest BCUT2D eigenvalue weighted by molar-refractivity contribution is -0.385. The lowest BCUT2D eigenvalue weighted by Gasteiger charge is -2.32. The number of non-ortho nitro benzene ring substituents is 1. The second-order valence-electron chi connectivity index (χ2n) is 7.49. The van der Waals surface area contributed by atoms with Crippen LogP contribution in [-0.4, -0.2) is 54.4 Å². The maximum Gasteiger partial charge on any atom is 0.271 e. The minimum atomic E-state index is -3.75. The van der Waals surface area contributed by atoms with E-state index in [1.54, 1.807) is 12.3 Å². The highest BCUT2D eigenvalue weighted by Gasteiger charge is 2.30. The number of nitrogens with one attached hydrogen (secondary N) is 1. The number of amides is 2. The van der Waals surface area contributed by atoms with Crippen LogP contribution in [0.15, 0.2) is 41.4 Å². The molecule has 1 atom stereocenters. The molecule has 1 fully saturated rings. The molecule has 1 aromatic carbocycles. The first-order valence-electron chi connectivity index (χ1n) is 9.57. The zero-order valence-corrected chi connectivity index (χ0v) is 17.9. The van der Waals surface area contributed by atoms with Crippen LogP contribution < -0.4 is 5.32 Å². The molecule has 2 heterocycles. The van der Waals surface area contributed by atoms with Gasteiger partial charge in [-0.05, 0) is 37.5 Å². The van der Waals surface area contributed by atoms with Gasteiger partial charge in [0.15, 0.2) is 9.84 Å². The number of carbonyl (C=O) groups excluding carboxylic acids is 2. The van der Waals surface area contributed by atoms with Gasteiger partial charge in [-0.15, -0.1) is 0 Å². The van der Waals surface area contributed by atoms with E-state index in [0.717, 1.165) is 30.0 Å². The van der Waals surface area contributed by atoms with Gasteiger partial charge >= 0.3 is 0 Å². The summed E-state index contributed by atoms with van der Waals surface area (Å²) in [6, 6.07) is 6.69. The fraction of sp³-hybridized carbons (Fsp3) is 0.350. The van der Waals surface area contributed by atoms with Gasteiger partial charge in [0.05, 0.1) is 15.7 Å². The third-order valence-electron chi connectivity index (χ3n) is 5.11. The third kappa shape index (κ3) is 5.23. The van der Waals surface area contributed by atoms with Gasteiger partial charge in [-0.25, -0.2) is 13.4 Å². The summed E-state index contributed by atoms with van der Waals surface area (Å²) in [6.45, 7) is 2.30. The molecular weight excluding hydrogens is 424 g/mol. The highest BCUT2D eigenvalue weighted by molar-refractivity contribution is 7.90. The van der Waals surface area contributed by atoms with Crippen LogP contribution in [0.3, 0.4) is 0 Å². The second kappa shape index (κ2) is 8.80. The van der Waals surface area contributed by atoms with Crippen LogP contribution in [0.25, 0.3) is 0 Å². The standard InChI is InChI=1S/C20H22N4O6S/c1-13-5-3-7-21-18(13)22-19(25)14-6-4-8-23(12-14)20(26)15-9-16(24(27)28)11-17(10-15)31(2,29)30/h3,5,7,9-11,14H,4,6,8,12H2,1-2H3,(H,21,22,25). The Hall–Kier alpha value is -3.34. The number of sulfone groups is 1. The molecule has 11 heteroatoms. The lowest BCUT2D eigenvalue weighted by atomic mass is 9.96. The van der Waals surface area contributed by atoms with Crippen LogP contribution in [0, 0.1) is 23.0 Å². The minimum Gasteiger partial charge on any atom is -0.338 e. The summed E-state index contributed by atoms with van der Waals surface area (Å²) >= 11 is 0. The number of likely N-dealkylation sites (tertiary alicyclic amines) is 1. The van der Waals surface area contributed by atoms with Crippen molar-refractivity contribution >= 4 is 33.2 Å². The van der Waals surface area contributed by atoms with Crippen molar-refractivity contribution in [3.63, 3.8) is 0 Å². The Morgan fingerprint density at radius 2 is 2.03 bits per heavy atom. The lowest BCUT2D eigenvalue weighted by Crippen LogP contribution is -2.44.